The van der Waals surface area contributed by atoms with Gasteiger partial charge in [-0.15, -0.1) is 0 Å². The molecule has 0 spiro atoms. The minimum atomic E-state index is 1.01. The Morgan fingerprint density at radius 1 is 1.50 bits per heavy atom. The summed E-state index contributed by atoms with van der Waals surface area (Å²) >= 11 is 0. The molecule has 0 aromatic heterocycles. The van der Waals surface area contributed by atoms with Gasteiger partial charge in [-0.25, -0.2) is 0 Å². The third-order valence-corrected chi connectivity index (χ3v) is 0.622. The first kappa shape index (κ1) is 6.19. The van der Waals surface area contributed by atoms with Crippen molar-refractivity contribution in [1.29, 1.82) is 0 Å². The molecule has 4 radical (unpaired) electrons. The maximum absolute atomic E-state index is 5.07. The van der Waals surface area contributed by atoms with Gasteiger partial charge in [0.05, 0.1) is 7.17 Å². The monoisotopic (exact) mass is 76.1 g/mol. The van der Waals surface area contributed by atoms with E-state index in [2.05, 4.69) is 7.28 Å². The van der Waals surface area contributed by atoms with Crippen LogP contribution in [-0.2, 0) is 0 Å². The van der Waals surface area contributed by atoms with E-state index in [1.807, 2.05) is 6.82 Å². The zero-order chi connectivity index (χ0) is 4.83. The average Bonchev–Trinajstić information content (AvgIpc) is 1.61. The first-order chi connectivity index (χ1) is 2.91. The second kappa shape index (κ2) is 5.19. The van der Waals surface area contributed by atoms with E-state index in [0.29, 0.717) is 0 Å². The van der Waals surface area contributed by atoms with E-state index in [4.69, 9.17) is 7.74 Å². The van der Waals surface area contributed by atoms with E-state index in [-0.39, 0.29) is 0 Å². The van der Waals surface area contributed by atoms with Crippen LogP contribution in [-0.4, -0.2) is 22.2 Å². The van der Waals surface area contributed by atoms with Crippen molar-refractivity contribution in [1.82, 2.24) is 0 Å². The van der Waals surface area contributed by atoms with Crippen LogP contribution in [0.1, 0.15) is 0 Å². The van der Waals surface area contributed by atoms with Crippen molar-refractivity contribution in [2.75, 3.05) is 0 Å². The maximum atomic E-state index is 5.07. The Kier molecular flexibility index (Phi) is 5.36. The second-order valence-electron chi connectivity index (χ2n) is 1.22. The van der Waals surface area contributed by atoms with Crippen LogP contribution < -0.4 is 0 Å². The quantitative estimate of drug-likeness (QED) is 0.336. The average molecular weight is 75.5 g/mol. The molecule has 0 nitrogen and oxygen atoms in total. The Morgan fingerprint density at radius 2 is 2.17 bits per heavy atom. The van der Waals surface area contributed by atoms with Gasteiger partial charge in [-0.1, -0.05) is 19.5 Å². The van der Waals surface area contributed by atoms with Crippen molar-refractivity contribution in [2.45, 2.75) is 19.5 Å². The van der Waals surface area contributed by atoms with Crippen LogP contribution >= 0.6 is 0 Å². The number of rotatable bonds is 3. The van der Waals surface area contributed by atoms with Crippen LogP contribution in [0.4, 0.5) is 0 Å². The zero-order valence-corrected chi connectivity index (χ0v) is 4.15. The summed E-state index contributed by atoms with van der Waals surface area (Å²) in [4.78, 5) is 0. The molecule has 0 amide bonds. The predicted molar refractivity (Wildman–Crippen MR) is 32.7 cm³/mol. The van der Waals surface area contributed by atoms with Crippen molar-refractivity contribution in [2.24, 2.45) is 0 Å². The van der Waals surface area contributed by atoms with Gasteiger partial charge in [0.2, 0.25) is 0 Å². The largest absolute Gasteiger partial charge is 0.104 e. The Labute approximate surface area is 42.6 Å². The van der Waals surface area contributed by atoms with Crippen LogP contribution in [0, 0.1) is 0 Å². The fraction of sp³-hybridized carbons (Fsp3) is 1.00. The highest BCUT2D eigenvalue weighted by molar-refractivity contribution is 6.89. The summed E-state index contributed by atoms with van der Waals surface area (Å²) in [5.41, 5.74) is 0. The zero-order valence-electron chi connectivity index (χ0n) is 4.15. The van der Waals surface area contributed by atoms with Crippen LogP contribution in [0.2, 0.25) is 19.5 Å². The Balaban J connectivity index is 2.34. The van der Waals surface area contributed by atoms with Crippen molar-refractivity contribution >= 4 is 22.2 Å². The van der Waals surface area contributed by atoms with Crippen LogP contribution in [0.15, 0.2) is 0 Å². The van der Waals surface area contributed by atoms with Gasteiger partial charge in [-0.2, -0.15) is 0 Å². The third kappa shape index (κ3) is 4.19. The molecular weight excluding hydrogens is 68.5 g/mol. The van der Waals surface area contributed by atoms with Crippen LogP contribution in [0.5, 0.6) is 0 Å². The van der Waals surface area contributed by atoms with E-state index in [0.717, 1.165) is 12.6 Å². The lowest BCUT2D eigenvalue weighted by molar-refractivity contribution is 1.43. The minimum absolute atomic E-state index is 1.01. The number of hydrogen-bond acceptors (Lipinski definition) is 0. The Hall–Kier alpha value is 0.195. The molecule has 0 saturated heterocycles. The minimum Gasteiger partial charge on any atom is -0.0963 e. The molecular formula is C3H7B3. The highest BCUT2D eigenvalue weighted by Crippen LogP contribution is 1.82. The molecule has 0 aliphatic heterocycles. The summed E-state index contributed by atoms with van der Waals surface area (Å²) in [6.45, 7) is 2.03. The topological polar surface area (TPSA) is 0 Å². The van der Waals surface area contributed by atoms with E-state index >= 15 is 0 Å². The summed E-state index contributed by atoms with van der Waals surface area (Å²) in [7, 11) is 8.85. The fourth-order valence-electron chi connectivity index (χ4n) is 0.263. The third-order valence-electron chi connectivity index (χ3n) is 0.622. The van der Waals surface area contributed by atoms with Gasteiger partial charge in [0, 0.05) is 7.74 Å². The lowest BCUT2D eigenvalue weighted by Crippen LogP contribution is -1.88. The molecule has 0 aromatic rings. The molecule has 6 heavy (non-hydrogen) atoms. The molecule has 0 heterocycles. The van der Waals surface area contributed by atoms with Gasteiger partial charge in [0.1, 0.15) is 7.28 Å². The summed E-state index contributed by atoms with van der Waals surface area (Å²) in [5, 5.41) is 0. The SMILES string of the molecule is [B][B]CC[B]C. The summed E-state index contributed by atoms with van der Waals surface area (Å²) in [6, 6.07) is 0. The maximum Gasteiger partial charge on any atom is 0.104 e. The Morgan fingerprint density at radius 3 is 2.33 bits per heavy atom. The predicted octanol–water partition coefficient (Wildman–Crippen LogP) is 0.363. The van der Waals surface area contributed by atoms with Gasteiger partial charge in [0.25, 0.3) is 0 Å². The van der Waals surface area contributed by atoms with Gasteiger partial charge in [-0.3, -0.25) is 0 Å². The normalized spacial score (nSPS) is 7.50. The molecule has 0 aliphatic carbocycles. The molecule has 0 aromatic carbocycles. The van der Waals surface area contributed by atoms with Crippen molar-refractivity contribution in [3.8, 4) is 0 Å². The highest BCUT2D eigenvalue weighted by atomic mass is 13.5. The molecule has 0 rings (SSSR count). The van der Waals surface area contributed by atoms with Gasteiger partial charge in [0.15, 0.2) is 0 Å². The van der Waals surface area contributed by atoms with Gasteiger partial charge >= 0.3 is 0 Å². The highest BCUT2D eigenvalue weighted by Gasteiger charge is 1.78. The molecule has 0 unspecified atom stereocenters. The molecule has 3 heteroatoms. The lowest BCUT2D eigenvalue weighted by atomic mass is 9.50. The molecule has 0 aliphatic rings. The molecule has 0 fully saturated rings. The van der Waals surface area contributed by atoms with Crippen LogP contribution in [0.25, 0.3) is 0 Å². The first-order valence-electron chi connectivity index (χ1n) is 2.23. The van der Waals surface area contributed by atoms with Crippen molar-refractivity contribution < 1.29 is 0 Å². The van der Waals surface area contributed by atoms with Crippen molar-refractivity contribution in [3.05, 3.63) is 0 Å². The Bertz CT molecular complexity index is 18.0. The van der Waals surface area contributed by atoms with E-state index in [1.165, 1.54) is 0 Å². The number of hydrogen-bond donors (Lipinski definition) is 0. The lowest BCUT2D eigenvalue weighted by Gasteiger charge is -1.83. The summed E-state index contributed by atoms with van der Waals surface area (Å²) in [5.74, 6) is 0. The molecule has 0 saturated carbocycles. The van der Waals surface area contributed by atoms with Crippen LogP contribution in [0.3, 0.4) is 0 Å². The molecule has 0 N–H and O–H groups in total. The van der Waals surface area contributed by atoms with E-state index < -0.39 is 0 Å². The second-order valence-corrected chi connectivity index (χ2v) is 1.22. The van der Waals surface area contributed by atoms with Gasteiger partial charge in [-0.05, 0) is 0 Å². The van der Waals surface area contributed by atoms with Crippen molar-refractivity contribution in [3.63, 3.8) is 0 Å². The molecule has 0 bridgehead atoms. The van der Waals surface area contributed by atoms with Gasteiger partial charge < -0.3 is 0 Å². The molecule has 0 atom stereocenters. The van der Waals surface area contributed by atoms with E-state index in [1.54, 1.807) is 7.17 Å². The molecule has 28 valence electrons. The smallest absolute Gasteiger partial charge is 0.0963 e. The standard InChI is InChI=1S/C3H7B3/c1-5-2-3-6-4/h2-3H2,1H3. The summed E-state index contributed by atoms with van der Waals surface area (Å²) < 4.78 is 0. The van der Waals surface area contributed by atoms with E-state index in [9.17, 15) is 0 Å². The summed E-state index contributed by atoms with van der Waals surface area (Å²) in [6.07, 6.45) is 2.12. The first-order valence-corrected chi connectivity index (χ1v) is 2.23. The fourth-order valence-corrected chi connectivity index (χ4v) is 0.263.